The highest BCUT2D eigenvalue weighted by Crippen LogP contribution is 2.35. The van der Waals surface area contributed by atoms with Crippen LogP contribution in [0.15, 0.2) is 18.2 Å². The molecule has 0 radical (unpaired) electrons. The molecule has 4 nitrogen and oxygen atoms in total. The zero-order chi connectivity index (χ0) is 13.1. The predicted molar refractivity (Wildman–Crippen MR) is 74.7 cm³/mol. The third-order valence-corrected chi connectivity index (χ3v) is 3.65. The van der Waals surface area contributed by atoms with E-state index in [1.165, 1.54) is 16.8 Å². The van der Waals surface area contributed by atoms with E-state index in [0.717, 1.165) is 19.5 Å². The maximum atomic E-state index is 8.95. The summed E-state index contributed by atoms with van der Waals surface area (Å²) >= 11 is 0. The molecule has 2 rings (SSSR count). The molecule has 1 aromatic carbocycles. The van der Waals surface area contributed by atoms with Crippen LogP contribution in [0.4, 0.5) is 5.69 Å². The van der Waals surface area contributed by atoms with E-state index in [9.17, 15) is 0 Å². The Bertz CT molecular complexity index is 406. The number of anilines is 1. The summed E-state index contributed by atoms with van der Waals surface area (Å²) < 4.78 is 0. The summed E-state index contributed by atoms with van der Waals surface area (Å²) in [6, 6.07) is 6.89. The molecule has 0 bridgehead atoms. The Morgan fingerprint density at radius 2 is 2.22 bits per heavy atom. The molecular weight excluding hydrogens is 226 g/mol. The van der Waals surface area contributed by atoms with Crippen LogP contribution in [0.2, 0.25) is 0 Å². The quantitative estimate of drug-likeness (QED) is 0.816. The first-order valence-electron chi connectivity index (χ1n) is 6.52. The summed E-state index contributed by atoms with van der Waals surface area (Å²) in [6.45, 7) is 2.73. The van der Waals surface area contributed by atoms with Crippen molar-refractivity contribution in [2.75, 3.05) is 38.7 Å². The summed E-state index contributed by atoms with van der Waals surface area (Å²) in [4.78, 5) is 4.48. The van der Waals surface area contributed by atoms with Gasteiger partial charge in [0, 0.05) is 52.1 Å². The molecule has 1 aliphatic rings. The fourth-order valence-corrected chi connectivity index (χ4v) is 2.63. The lowest BCUT2D eigenvalue weighted by molar-refractivity contribution is 0.190. The number of aliphatic hydroxyl groups excluding tert-OH is 1. The molecule has 3 N–H and O–H groups in total. The second-order valence-electron chi connectivity index (χ2n) is 5.08. The van der Waals surface area contributed by atoms with E-state index in [-0.39, 0.29) is 6.61 Å². The zero-order valence-corrected chi connectivity index (χ0v) is 11.3. The van der Waals surface area contributed by atoms with Crippen molar-refractivity contribution in [2.24, 2.45) is 5.73 Å². The van der Waals surface area contributed by atoms with E-state index in [0.29, 0.717) is 12.6 Å². The standard InChI is InChI=1S/C14H23N3O/c1-16(2)12-5-4-11-10-17(6-3-7-18)14(9-15)13(11)8-12/h4-5,8,14,18H,3,6-7,9-10,15H2,1-2H3. The van der Waals surface area contributed by atoms with Crippen molar-refractivity contribution in [2.45, 2.75) is 19.0 Å². The average Bonchev–Trinajstić information content (AvgIpc) is 2.72. The summed E-state index contributed by atoms with van der Waals surface area (Å²) in [5, 5.41) is 8.95. The Labute approximate surface area is 109 Å². The van der Waals surface area contributed by atoms with E-state index in [4.69, 9.17) is 10.8 Å². The number of nitrogens with two attached hydrogens (primary N) is 1. The molecule has 0 saturated carbocycles. The molecule has 0 fully saturated rings. The molecule has 0 amide bonds. The fraction of sp³-hybridized carbons (Fsp3) is 0.571. The van der Waals surface area contributed by atoms with Crippen LogP contribution in [0.25, 0.3) is 0 Å². The van der Waals surface area contributed by atoms with E-state index in [1.807, 2.05) is 0 Å². The monoisotopic (exact) mass is 249 g/mol. The Hall–Kier alpha value is -1.10. The summed E-state index contributed by atoms with van der Waals surface area (Å²) in [6.07, 6.45) is 0.811. The number of hydrogen-bond acceptors (Lipinski definition) is 4. The lowest BCUT2D eigenvalue weighted by Crippen LogP contribution is -2.29. The molecule has 0 aliphatic carbocycles. The van der Waals surface area contributed by atoms with Gasteiger partial charge >= 0.3 is 0 Å². The second-order valence-corrected chi connectivity index (χ2v) is 5.08. The first kappa shape index (κ1) is 13.3. The minimum Gasteiger partial charge on any atom is -0.396 e. The summed E-state index contributed by atoms with van der Waals surface area (Å²) in [5.41, 5.74) is 9.86. The van der Waals surface area contributed by atoms with Gasteiger partial charge in [0.25, 0.3) is 0 Å². The zero-order valence-electron chi connectivity index (χ0n) is 11.3. The normalized spacial score (nSPS) is 19.0. The number of rotatable bonds is 5. The van der Waals surface area contributed by atoms with Crippen molar-refractivity contribution in [1.82, 2.24) is 4.90 Å². The van der Waals surface area contributed by atoms with Crippen LogP contribution < -0.4 is 10.6 Å². The maximum absolute atomic E-state index is 8.95. The summed E-state index contributed by atoms with van der Waals surface area (Å²) in [7, 11) is 4.11. The molecule has 1 aromatic rings. The molecule has 1 heterocycles. The van der Waals surface area contributed by atoms with Crippen molar-refractivity contribution in [3.8, 4) is 0 Å². The highest BCUT2D eigenvalue weighted by Gasteiger charge is 2.28. The molecule has 1 unspecified atom stereocenters. The van der Waals surface area contributed by atoms with Gasteiger partial charge in [0.2, 0.25) is 0 Å². The van der Waals surface area contributed by atoms with Crippen molar-refractivity contribution >= 4 is 5.69 Å². The van der Waals surface area contributed by atoms with E-state index < -0.39 is 0 Å². The van der Waals surface area contributed by atoms with Crippen molar-refractivity contribution in [3.05, 3.63) is 29.3 Å². The highest BCUT2D eigenvalue weighted by atomic mass is 16.3. The SMILES string of the molecule is CN(C)c1ccc2c(c1)C(CN)N(CCCO)C2. The predicted octanol–water partition coefficient (Wildman–Crippen LogP) is 0.950. The van der Waals surface area contributed by atoms with Gasteiger partial charge in [0.15, 0.2) is 0 Å². The molecule has 100 valence electrons. The smallest absolute Gasteiger partial charge is 0.0478 e. The third kappa shape index (κ3) is 2.51. The Morgan fingerprint density at radius 1 is 1.44 bits per heavy atom. The van der Waals surface area contributed by atoms with Gasteiger partial charge in [0.1, 0.15) is 0 Å². The van der Waals surface area contributed by atoms with Gasteiger partial charge in [-0.15, -0.1) is 0 Å². The lowest BCUT2D eigenvalue weighted by atomic mass is 10.0. The molecule has 4 heteroatoms. The Morgan fingerprint density at radius 3 is 2.83 bits per heavy atom. The molecular formula is C14H23N3O. The number of hydrogen-bond donors (Lipinski definition) is 2. The van der Waals surface area contributed by atoms with Crippen molar-refractivity contribution < 1.29 is 5.11 Å². The second kappa shape index (κ2) is 5.69. The summed E-state index contributed by atoms with van der Waals surface area (Å²) in [5.74, 6) is 0. The molecule has 18 heavy (non-hydrogen) atoms. The minimum absolute atomic E-state index is 0.243. The molecule has 0 saturated heterocycles. The number of fused-ring (bicyclic) bond motifs is 1. The van der Waals surface area contributed by atoms with Gasteiger partial charge in [-0.3, -0.25) is 4.90 Å². The van der Waals surface area contributed by atoms with Crippen LogP contribution in [-0.4, -0.2) is 43.8 Å². The molecule has 1 aliphatic heterocycles. The van der Waals surface area contributed by atoms with Crippen LogP contribution in [0.3, 0.4) is 0 Å². The third-order valence-electron chi connectivity index (χ3n) is 3.65. The average molecular weight is 249 g/mol. The van der Waals surface area contributed by atoms with Crippen LogP contribution in [0.5, 0.6) is 0 Å². The van der Waals surface area contributed by atoms with Gasteiger partial charge in [-0.1, -0.05) is 6.07 Å². The van der Waals surface area contributed by atoms with E-state index in [1.54, 1.807) is 0 Å². The molecule has 0 spiro atoms. The topological polar surface area (TPSA) is 52.7 Å². The largest absolute Gasteiger partial charge is 0.396 e. The van der Waals surface area contributed by atoms with Gasteiger partial charge in [-0.25, -0.2) is 0 Å². The molecule has 1 atom stereocenters. The number of nitrogens with zero attached hydrogens (tertiary/aromatic N) is 2. The van der Waals surface area contributed by atoms with Crippen LogP contribution in [-0.2, 0) is 6.54 Å². The van der Waals surface area contributed by atoms with Gasteiger partial charge in [-0.05, 0) is 29.7 Å². The highest BCUT2D eigenvalue weighted by molar-refractivity contribution is 5.52. The Balaban J connectivity index is 2.22. The van der Waals surface area contributed by atoms with Gasteiger partial charge in [-0.2, -0.15) is 0 Å². The van der Waals surface area contributed by atoms with Crippen molar-refractivity contribution in [3.63, 3.8) is 0 Å². The minimum atomic E-state index is 0.243. The fourth-order valence-electron chi connectivity index (χ4n) is 2.63. The van der Waals surface area contributed by atoms with Crippen molar-refractivity contribution in [1.29, 1.82) is 0 Å². The number of benzene rings is 1. The van der Waals surface area contributed by atoms with Gasteiger partial charge < -0.3 is 15.7 Å². The van der Waals surface area contributed by atoms with Crippen LogP contribution in [0.1, 0.15) is 23.6 Å². The molecule has 0 aromatic heterocycles. The Kier molecular flexibility index (Phi) is 4.22. The first-order chi connectivity index (χ1) is 8.67. The van der Waals surface area contributed by atoms with E-state index in [2.05, 4.69) is 42.1 Å². The van der Waals surface area contributed by atoms with E-state index >= 15 is 0 Å². The number of aliphatic hydroxyl groups is 1. The maximum Gasteiger partial charge on any atom is 0.0478 e. The van der Waals surface area contributed by atoms with Gasteiger partial charge in [0.05, 0.1) is 0 Å². The van der Waals surface area contributed by atoms with Crippen LogP contribution >= 0.6 is 0 Å². The first-order valence-corrected chi connectivity index (χ1v) is 6.52. The lowest BCUT2D eigenvalue weighted by Gasteiger charge is -2.23. The van der Waals surface area contributed by atoms with Crippen LogP contribution in [0, 0.1) is 0 Å².